The Balaban J connectivity index is 0. The lowest BCUT2D eigenvalue weighted by Crippen LogP contribution is -1.67. The highest BCUT2D eigenvalue weighted by Crippen LogP contribution is 1.98. The van der Waals surface area contributed by atoms with Crippen molar-refractivity contribution in [1.29, 1.82) is 0 Å². The van der Waals surface area contributed by atoms with Crippen LogP contribution in [-0.2, 0) is 0 Å². The fourth-order valence-corrected chi connectivity index (χ4v) is 0.494. The van der Waals surface area contributed by atoms with Gasteiger partial charge in [-0.05, 0) is 20.3 Å². The van der Waals surface area contributed by atoms with Crippen LogP contribution in [0.3, 0.4) is 0 Å². The molecule has 0 heterocycles. The van der Waals surface area contributed by atoms with E-state index in [1.165, 1.54) is 11.1 Å². The molecule has 0 aromatic carbocycles. The van der Waals surface area contributed by atoms with E-state index in [0.717, 1.165) is 6.42 Å². The third kappa shape index (κ3) is 9.22. The molecule has 0 aliphatic carbocycles. The van der Waals surface area contributed by atoms with Gasteiger partial charge in [0.1, 0.15) is 0 Å². The number of hydrogen-bond acceptors (Lipinski definition) is 0. The van der Waals surface area contributed by atoms with Crippen LogP contribution < -0.4 is 0 Å². The van der Waals surface area contributed by atoms with Crippen molar-refractivity contribution in [2.75, 3.05) is 0 Å². The van der Waals surface area contributed by atoms with Gasteiger partial charge in [0.25, 0.3) is 0 Å². The van der Waals surface area contributed by atoms with Gasteiger partial charge in [0, 0.05) is 0 Å². The van der Waals surface area contributed by atoms with Crippen molar-refractivity contribution in [3.63, 3.8) is 0 Å². The number of rotatable bonds is 3. The second kappa shape index (κ2) is 7.33. The van der Waals surface area contributed by atoms with Crippen molar-refractivity contribution in [2.45, 2.75) is 34.6 Å². The molecule has 0 aromatic heterocycles. The van der Waals surface area contributed by atoms with Gasteiger partial charge in [0.15, 0.2) is 0 Å². The molecule has 0 rings (SSSR count). The second-order valence-corrected chi connectivity index (χ2v) is 2.61. The Kier molecular flexibility index (Phi) is 8.57. The molecule has 0 saturated carbocycles. The van der Waals surface area contributed by atoms with E-state index in [2.05, 4.69) is 33.4 Å². The molecule has 0 spiro atoms. The summed E-state index contributed by atoms with van der Waals surface area (Å²) in [5.74, 6) is 0. The first-order valence-electron chi connectivity index (χ1n) is 3.66. The highest BCUT2D eigenvalue weighted by molar-refractivity contribution is 5.20. The normalized spacial score (nSPS) is 9.00. The SMILES string of the molecule is C.C=C(/C=C\C=C(C)C)CC. The van der Waals surface area contributed by atoms with Gasteiger partial charge in [-0.2, -0.15) is 0 Å². The lowest BCUT2D eigenvalue weighted by atomic mass is 10.2. The molecule has 0 amide bonds. The summed E-state index contributed by atoms with van der Waals surface area (Å²) in [4.78, 5) is 0. The third-order valence-electron chi connectivity index (χ3n) is 1.22. The van der Waals surface area contributed by atoms with Crippen LogP contribution in [0.4, 0.5) is 0 Å². The topological polar surface area (TPSA) is 0 Å². The van der Waals surface area contributed by atoms with Gasteiger partial charge in [0.05, 0.1) is 0 Å². The number of allylic oxidation sites excluding steroid dienone is 5. The summed E-state index contributed by atoms with van der Waals surface area (Å²) >= 11 is 0. The van der Waals surface area contributed by atoms with Gasteiger partial charge >= 0.3 is 0 Å². The van der Waals surface area contributed by atoms with Crippen LogP contribution >= 0.6 is 0 Å². The molecule has 0 unspecified atom stereocenters. The Hall–Kier alpha value is -0.780. The molecule has 0 heteroatoms. The van der Waals surface area contributed by atoms with Crippen molar-refractivity contribution in [1.82, 2.24) is 0 Å². The molecule has 0 atom stereocenters. The first kappa shape index (κ1) is 12.9. The fraction of sp³-hybridized carbons (Fsp3) is 0.455. The highest BCUT2D eigenvalue weighted by Gasteiger charge is 1.78. The molecule has 0 radical (unpaired) electrons. The Labute approximate surface area is 71.3 Å². The zero-order chi connectivity index (χ0) is 7.98. The predicted octanol–water partition coefficient (Wildman–Crippen LogP) is 4.11. The lowest BCUT2D eigenvalue weighted by molar-refractivity contribution is 1.16. The minimum atomic E-state index is 0. The van der Waals surface area contributed by atoms with Crippen LogP contribution in [0.1, 0.15) is 34.6 Å². The smallest absolute Gasteiger partial charge is 0.0313 e. The molecule has 0 saturated heterocycles. The average Bonchev–Trinajstić information content (AvgIpc) is 1.87. The van der Waals surface area contributed by atoms with E-state index in [9.17, 15) is 0 Å². The van der Waals surface area contributed by atoms with Gasteiger partial charge in [0.2, 0.25) is 0 Å². The van der Waals surface area contributed by atoms with Crippen LogP contribution in [0.15, 0.2) is 36.0 Å². The second-order valence-electron chi connectivity index (χ2n) is 2.61. The lowest BCUT2D eigenvalue weighted by Gasteiger charge is -1.88. The van der Waals surface area contributed by atoms with E-state index < -0.39 is 0 Å². The van der Waals surface area contributed by atoms with Crippen molar-refractivity contribution in [3.8, 4) is 0 Å². The van der Waals surface area contributed by atoms with Crippen LogP contribution in [0, 0.1) is 0 Å². The van der Waals surface area contributed by atoms with Crippen LogP contribution in [0.5, 0.6) is 0 Å². The molecule has 0 N–H and O–H groups in total. The van der Waals surface area contributed by atoms with Crippen molar-refractivity contribution >= 4 is 0 Å². The first-order chi connectivity index (χ1) is 4.66. The van der Waals surface area contributed by atoms with Crippen molar-refractivity contribution < 1.29 is 0 Å². The van der Waals surface area contributed by atoms with E-state index in [4.69, 9.17) is 0 Å². The van der Waals surface area contributed by atoms with Gasteiger partial charge in [-0.1, -0.05) is 50.3 Å². The third-order valence-corrected chi connectivity index (χ3v) is 1.22. The van der Waals surface area contributed by atoms with Gasteiger partial charge < -0.3 is 0 Å². The molecule has 0 aliphatic heterocycles. The minimum Gasteiger partial charge on any atom is -0.0958 e. The maximum absolute atomic E-state index is 3.85. The van der Waals surface area contributed by atoms with Gasteiger partial charge in [-0.15, -0.1) is 0 Å². The highest BCUT2D eigenvalue weighted by atomic mass is 13.8. The Morgan fingerprint density at radius 1 is 1.36 bits per heavy atom. The molecule has 0 bridgehead atoms. The molecule has 11 heavy (non-hydrogen) atoms. The zero-order valence-electron chi connectivity index (χ0n) is 7.15. The maximum atomic E-state index is 3.85. The quantitative estimate of drug-likeness (QED) is 0.534. The summed E-state index contributed by atoms with van der Waals surface area (Å²) in [6, 6.07) is 0. The van der Waals surface area contributed by atoms with Crippen LogP contribution in [0.2, 0.25) is 0 Å². The Morgan fingerprint density at radius 2 is 1.91 bits per heavy atom. The van der Waals surface area contributed by atoms with Gasteiger partial charge in [-0.3, -0.25) is 0 Å². The summed E-state index contributed by atoms with van der Waals surface area (Å²) in [5.41, 5.74) is 2.50. The maximum Gasteiger partial charge on any atom is -0.0313 e. The van der Waals surface area contributed by atoms with E-state index >= 15 is 0 Å². The first-order valence-corrected chi connectivity index (χ1v) is 3.66. The number of hydrogen-bond donors (Lipinski definition) is 0. The standard InChI is InChI=1S/C10H16.CH4/c1-5-10(4)8-6-7-9(2)3;/h6-8H,4-5H2,1-3H3;1H4/b8-6-;. The molecule has 64 valence electrons. The summed E-state index contributed by atoms with van der Waals surface area (Å²) in [5, 5.41) is 0. The zero-order valence-corrected chi connectivity index (χ0v) is 7.15. The van der Waals surface area contributed by atoms with Crippen LogP contribution in [-0.4, -0.2) is 0 Å². The molecular weight excluding hydrogens is 132 g/mol. The summed E-state index contributed by atoms with van der Waals surface area (Å²) < 4.78 is 0. The van der Waals surface area contributed by atoms with Crippen molar-refractivity contribution in [3.05, 3.63) is 36.0 Å². The Bertz CT molecular complexity index is 155. The van der Waals surface area contributed by atoms with E-state index in [1.807, 2.05) is 12.2 Å². The monoisotopic (exact) mass is 152 g/mol. The summed E-state index contributed by atoms with van der Waals surface area (Å²) in [6.07, 6.45) is 7.21. The fourth-order valence-electron chi connectivity index (χ4n) is 0.494. The molecule has 0 fully saturated rings. The Morgan fingerprint density at radius 3 is 2.27 bits per heavy atom. The molecule has 0 nitrogen and oxygen atoms in total. The van der Waals surface area contributed by atoms with Crippen molar-refractivity contribution in [2.24, 2.45) is 0 Å². The molecule has 0 aromatic rings. The minimum absolute atomic E-state index is 0. The average molecular weight is 152 g/mol. The summed E-state index contributed by atoms with van der Waals surface area (Å²) in [7, 11) is 0. The predicted molar refractivity (Wildman–Crippen MR) is 54.7 cm³/mol. The van der Waals surface area contributed by atoms with Gasteiger partial charge in [-0.25, -0.2) is 0 Å². The van der Waals surface area contributed by atoms with E-state index in [1.54, 1.807) is 0 Å². The molecular formula is C11H20. The summed E-state index contributed by atoms with van der Waals surface area (Å²) in [6.45, 7) is 10.1. The van der Waals surface area contributed by atoms with E-state index in [-0.39, 0.29) is 7.43 Å². The van der Waals surface area contributed by atoms with Crippen LogP contribution in [0.25, 0.3) is 0 Å². The molecule has 0 aliphatic rings. The van der Waals surface area contributed by atoms with E-state index in [0.29, 0.717) is 0 Å². The largest absolute Gasteiger partial charge is 0.0958 e.